The SMILES string of the molecule is CC(NC(=O)C(=O)O)C1CCCC1. The summed E-state index contributed by atoms with van der Waals surface area (Å²) in [5.74, 6) is -1.83. The number of hydrogen-bond acceptors (Lipinski definition) is 2. The monoisotopic (exact) mass is 185 g/mol. The van der Waals surface area contributed by atoms with E-state index in [9.17, 15) is 9.59 Å². The molecule has 74 valence electrons. The Bertz CT molecular complexity index is 209. The van der Waals surface area contributed by atoms with Crippen molar-refractivity contribution < 1.29 is 14.7 Å². The Balaban J connectivity index is 2.35. The molecule has 1 aliphatic carbocycles. The van der Waals surface area contributed by atoms with Gasteiger partial charge in [-0.25, -0.2) is 4.79 Å². The molecule has 1 atom stereocenters. The van der Waals surface area contributed by atoms with Gasteiger partial charge in [0.25, 0.3) is 0 Å². The third kappa shape index (κ3) is 2.72. The molecule has 1 fully saturated rings. The first kappa shape index (κ1) is 10.0. The molecule has 1 aliphatic rings. The molecule has 0 spiro atoms. The molecule has 0 aromatic carbocycles. The fourth-order valence-corrected chi connectivity index (χ4v) is 1.84. The quantitative estimate of drug-likeness (QED) is 0.624. The highest BCUT2D eigenvalue weighted by Crippen LogP contribution is 2.27. The summed E-state index contributed by atoms with van der Waals surface area (Å²) >= 11 is 0. The van der Waals surface area contributed by atoms with Gasteiger partial charge in [-0.3, -0.25) is 4.79 Å². The molecule has 1 rings (SSSR count). The van der Waals surface area contributed by atoms with E-state index in [1.807, 2.05) is 6.92 Å². The van der Waals surface area contributed by atoms with Crippen LogP contribution in [0.5, 0.6) is 0 Å². The van der Waals surface area contributed by atoms with Crippen molar-refractivity contribution in [1.29, 1.82) is 0 Å². The van der Waals surface area contributed by atoms with Crippen LogP contribution in [-0.2, 0) is 9.59 Å². The van der Waals surface area contributed by atoms with Crippen molar-refractivity contribution in [3.8, 4) is 0 Å². The lowest BCUT2D eigenvalue weighted by Crippen LogP contribution is -2.40. The smallest absolute Gasteiger partial charge is 0.394 e. The third-order valence-electron chi connectivity index (χ3n) is 2.66. The minimum atomic E-state index is -1.40. The van der Waals surface area contributed by atoms with Crippen molar-refractivity contribution in [3.63, 3.8) is 0 Å². The maximum absolute atomic E-state index is 10.8. The van der Waals surface area contributed by atoms with E-state index in [1.54, 1.807) is 0 Å². The zero-order chi connectivity index (χ0) is 9.84. The Morgan fingerprint density at radius 1 is 1.38 bits per heavy atom. The highest BCUT2D eigenvalue weighted by Gasteiger charge is 2.24. The van der Waals surface area contributed by atoms with Gasteiger partial charge >= 0.3 is 11.9 Å². The summed E-state index contributed by atoms with van der Waals surface area (Å²) in [6, 6.07) is -0.00824. The minimum Gasteiger partial charge on any atom is -0.474 e. The zero-order valence-corrected chi connectivity index (χ0v) is 7.75. The fraction of sp³-hybridized carbons (Fsp3) is 0.778. The second kappa shape index (κ2) is 4.25. The Morgan fingerprint density at radius 2 is 1.92 bits per heavy atom. The van der Waals surface area contributed by atoms with Crippen LogP contribution < -0.4 is 5.32 Å². The molecule has 0 aliphatic heterocycles. The predicted molar refractivity (Wildman–Crippen MR) is 47.2 cm³/mol. The van der Waals surface area contributed by atoms with E-state index in [2.05, 4.69) is 5.32 Å². The van der Waals surface area contributed by atoms with Gasteiger partial charge in [0.2, 0.25) is 0 Å². The molecule has 0 aromatic heterocycles. The van der Waals surface area contributed by atoms with E-state index < -0.39 is 11.9 Å². The second-order valence-corrected chi connectivity index (χ2v) is 3.61. The highest BCUT2D eigenvalue weighted by atomic mass is 16.4. The van der Waals surface area contributed by atoms with E-state index in [1.165, 1.54) is 12.8 Å². The summed E-state index contributed by atoms with van der Waals surface area (Å²) in [5, 5.41) is 10.8. The molecule has 0 aromatic rings. The number of amides is 1. The van der Waals surface area contributed by atoms with Crippen LogP contribution in [-0.4, -0.2) is 23.0 Å². The molecule has 1 unspecified atom stereocenters. The lowest BCUT2D eigenvalue weighted by Gasteiger charge is -2.18. The molecule has 1 saturated carbocycles. The highest BCUT2D eigenvalue weighted by molar-refractivity contribution is 6.31. The van der Waals surface area contributed by atoms with Gasteiger partial charge in [-0.15, -0.1) is 0 Å². The summed E-state index contributed by atoms with van der Waals surface area (Å²) in [4.78, 5) is 21.0. The molecule has 1 amide bonds. The van der Waals surface area contributed by atoms with E-state index in [0.717, 1.165) is 12.8 Å². The van der Waals surface area contributed by atoms with Crippen LogP contribution in [0.2, 0.25) is 0 Å². The van der Waals surface area contributed by atoms with E-state index in [-0.39, 0.29) is 6.04 Å². The standard InChI is InChI=1S/C9H15NO3/c1-6(7-4-2-3-5-7)10-8(11)9(12)13/h6-7H,2-5H2,1H3,(H,10,11)(H,12,13). The van der Waals surface area contributed by atoms with E-state index in [4.69, 9.17) is 5.11 Å². The number of hydrogen-bond donors (Lipinski definition) is 2. The Morgan fingerprint density at radius 3 is 2.38 bits per heavy atom. The number of nitrogens with one attached hydrogen (secondary N) is 1. The van der Waals surface area contributed by atoms with Gasteiger partial charge in [0, 0.05) is 6.04 Å². The summed E-state index contributed by atoms with van der Waals surface area (Å²) in [6.07, 6.45) is 4.58. The molecule has 0 heterocycles. The summed E-state index contributed by atoms with van der Waals surface area (Å²) in [7, 11) is 0. The first-order chi connectivity index (χ1) is 6.11. The molecular weight excluding hydrogens is 170 g/mol. The Hall–Kier alpha value is -1.06. The van der Waals surface area contributed by atoms with Gasteiger partial charge in [-0.1, -0.05) is 12.8 Å². The molecule has 4 nitrogen and oxygen atoms in total. The Labute approximate surface area is 77.3 Å². The van der Waals surface area contributed by atoms with Crippen LogP contribution in [0.15, 0.2) is 0 Å². The molecule has 0 saturated heterocycles. The van der Waals surface area contributed by atoms with Gasteiger partial charge in [0.15, 0.2) is 0 Å². The number of carbonyl (C=O) groups excluding carboxylic acids is 1. The lowest BCUT2D eigenvalue weighted by molar-refractivity contribution is -0.150. The second-order valence-electron chi connectivity index (χ2n) is 3.61. The van der Waals surface area contributed by atoms with Crippen molar-refractivity contribution in [2.75, 3.05) is 0 Å². The van der Waals surface area contributed by atoms with Gasteiger partial charge in [-0.05, 0) is 25.7 Å². The number of carbonyl (C=O) groups is 2. The van der Waals surface area contributed by atoms with Crippen molar-refractivity contribution in [3.05, 3.63) is 0 Å². The molecule has 0 radical (unpaired) electrons. The van der Waals surface area contributed by atoms with Gasteiger partial charge in [0.1, 0.15) is 0 Å². The van der Waals surface area contributed by atoms with Crippen LogP contribution in [0.4, 0.5) is 0 Å². The normalized spacial score (nSPS) is 19.8. The molecule has 13 heavy (non-hydrogen) atoms. The van der Waals surface area contributed by atoms with Crippen LogP contribution in [0, 0.1) is 5.92 Å². The molecule has 0 bridgehead atoms. The maximum atomic E-state index is 10.8. The zero-order valence-electron chi connectivity index (χ0n) is 7.75. The number of carboxylic acids is 1. The van der Waals surface area contributed by atoms with Crippen LogP contribution in [0.3, 0.4) is 0 Å². The molecule has 4 heteroatoms. The van der Waals surface area contributed by atoms with Gasteiger partial charge in [-0.2, -0.15) is 0 Å². The van der Waals surface area contributed by atoms with Gasteiger partial charge in [0.05, 0.1) is 0 Å². The number of aliphatic carboxylic acids is 1. The average Bonchev–Trinajstić information content (AvgIpc) is 2.55. The first-order valence-corrected chi connectivity index (χ1v) is 4.65. The van der Waals surface area contributed by atoms with Crippen LogP contribution in [0.25, 0.3) is 0 Å². The summed E-state index contributed by atoms with van der Waals surface area (Å²) < 4.78 is 0. The van der Waals surface area contributed by atoms with Crippen LogP contribution >= 0.6 is 0 Å². The van der Waals surface area contributed by atoms with Crippen molar-refractivity contribution in [2.45, 2.75) is 38.6 Å². The van der Waals surface area contributed by atoms with Crippen LogP contribution in [0.1, 0.15) is 32.6 Å². The maximum Gasteiger partial charge on any atom is 0.394 e. The predicted octanol–water partition coefficient (Wildman–Crippen LogP) is 0.766. The fourth-order valence-electron chi connectivity index (χ4n) is 1.84. The minimum absolute atomic E-state index is 0.00824. The summed E-state index contributed by atoms with van der Waals surface area (Å²) in [5.41, 5.74) is 0. The third-order valence-corrected chi connectivity index (χ3v) is 2.66. The number of carboxylic acid groups (broad SMARTS) is 1. The Kier molecular flexibility index (Phi) is 3.28. The molecular formula is C9H15NO3. The van der Waals surface area contributed by atoms with E-state index >= 15 is 0 Å². The summed E-state index contributed by atoms with van der Waals surface area (Å²) in [6.45, 7) is 1.87. The number of rotatable bonds is 2. The first-order valence-electron chi connectivity index (χ1n) is 4.65. The van der Waals surface area contributed by atoms with Crippen molar-refractivity contribution in [2.24, 2.45) is 5.92 Å². The topological polar surface area (TPSA) is 66.4 Å². The van der Waals surface area contributed by atoms with E-state index in [0.29, 0.717) is 5.92 Å². The lowest BCUT2D eigenvalue weighted by atomic mass is 10.00. The van der Waals surface area contributed by atoms with Gasteiger partial charge < -0.3 is 10.4 Å². The molecule has 2 N–H and O–H groups in total. The van der Waals surface area contributed by atoms with Crippen molar-refractivity contribution >= 4 is 11.9 Å². The van der Waals surface area contributed by atoms with Crippen molar-refractivity contribution in [1.82, 2.24) is 5.32 Å². The largest absolute Gasteiger partial charge is 0.474 e. The average molecular weight is 185 g/mol.